The number of nitrogens with zero attached hydrogens (tertiary/aromatic N) is 3. The van der Waals surface area contributed by atoms with Gasteiger partial charge in [0.15, 0.2) is 5.78 Å². The molecule has 3 heterocycles. The zero-order valence-corrected chi connectivity index (χ0v) is 20.8. The minimum Gasteiger partial charge on any atom is -0.368 e. The van der Waals surface area contributed by atoms with Crippen LogP contribution in [0.5, 0.6) is 0 Å². The van der Waals surface area contributed by atoms with Gasteiger partial charge in [-0.2, -0.15) is 0 Å². The number of carbonyl (C=O) groups excluding carboxylic acids is 3. The Balaban J connectivity index is 1.52. The summed E-state index contributed by atoms with van der Waals surface area (Å²) in [5.74, 6) is -0.176. The van der Waals surface area contributed by atoms with E-state index in [0.29, 0.717) is 18.5 Å². The molecular formula is C26H38N4O4. The number of piperazine rings is 1. The molecule has 8 heteroatoms. The first-order valence-electron chi connectivity index (χ1n) is 12.6. The molecule has 0 spiro atoms. The standard InChI is InChI=1S/C26H38N4O4/c1-5-28-10-12-29(13-11-28)21-9-7-6-8-19(21)25(32)27-20(14-17(2)3)26(33)30-15-18(4)24-23(30)22(31)16-34-24/h6-9,17-18,20,23-24H,5,10-16H2,1-4H3,(H,27,32)/t18-,20+,23-,24-/m1/s1. The van der Waals surface area contributed by atoms with Gasteiger partial charge in [0.05, 0.1) is 11.7 Å². The van der Waals surface area contributed by atoms with Crippen LogP contribution in [-0.2, 0) is 14.3 Å². The predicted octanol–water partition coefficient (Wildman–Crippen LogP) is 1.79. The summed E-state index contributed by atoms with van der Waals surface area (Å²) in [5, 5.41) is 3.03. The number of Topliss-reactive ketones (excluding diaryl/α,β-unsaturated/α-hetero) is 1. The fourth-order valence-corrected chi connectivity index (χ4v) is 5.49. The molecule has 0 radical (unpaired) electrons. The van der Waals surface area contributed by atoms with Crippen LogP contribution in [-0.4, -0.2) is 91.5 Å². The van der Waals surface area contributed by atoms with Crippen molar-refractivity contribution < 1.29 is 19.1 Å². The summed E-state index contributed by atoms with van der Waals surface area (Å²) in [5.41, 5.74) is 1.49. The highest BCUT2D eigenvalue weighted by atomic mass is 16.5. The Morgan fingerprint density at radius 1 is 1.15 bits per heavy atom. The molecule has 3 aliphatic heterocycles. The number of fused-ring (bicyclic) bond motifs is 1. The second-order valence-corrected chi connectivity index (χ2v) is 10.2. The molecule has 3 fully saturated rings. The van der Waals surface area contributed by atoms with Gasteiger partial charge >= 0.3 is 0 Å². The van der Waals surface area contributed by atoms with E-state index < -0.39 is 12.1 Å². The molecule has 2 amide bonds. The van der Waals surface area contributed by atoms with Crippen molar-refractivity contribution in [3.8, 4) is 0 Å². The number of ketones is 1. The molecule has 4 rings (SSSR count). The number of hydrogen-bond donors (Lipinski definition) is 1. The molecule has 1 aromatic rings. The fraction of sp³-hybridized carbons (Fsp3) is 0.654. The van der Waals surface area contributed by atoms with E-state index in [0.717, 1.165) is 38.4 Å². The highest BCUT2D eigenvalue weighted by molar-refractivity contribution is 6.02. The molecule has 34 heavy (non-hydrogen) atoms. The zero-order valence-electron chi connectivity index (χ0n) is 20.8. The summed E-state index contributed by atoms with van der Waals surface area (Å²) in [6, 6.07) is 6.41. The molecule has 4 atom stereocenters. The first kappa shape index (κ1) is 24.7. The normalized spacial score (nSPS) is 26.1. The van der Waals surface area contributed by atoms with E-state index in [4.69, 9.17) is 4.74 Å². The monoisotopic (exact) mass is 470 g/mol. The van der Waals surface area contributed by atoms with E-state index in [1.807, 2.05) is 45.0 Å². The molecule has 186 valence electrons. The number of para-hydroxylation sites is 1. The lowest BCUT2D eigenvalue weighted by Crippen LogP contribution is -2.53. The number of amides is 2. The number of anilines is 1. The van der Waals surface area contributed by atoms with Crippen molar-refractivity contribution in [2.24, 2.45) is 11.8 Å². The van der Waals surface area contributed by atoms with Crippen LogP contribution in [0.2, 0.25) is 0 Å². The van der Waals surface area contributed by atoms with Gasteiger partial charge in [-0.25, -0.2) is 0 Å². The maximum atomic E-state index is 13.6. The van der Waals surface area contributed by atoms with Crippen molar-refractivity contribution in [1.82, 2.24) is 15.1 Å². The number of nitrogens with one attached hydrogen (secondary N) is 1. The number of carbonyl (C=O) groups is 3. The predicted molar refractivity (Wildman–Crippen MR) is 131 cm³/mol. The average Bonchev–Trinajstić information content (AvgIpc) is 3.38. The van der Waals surface area contributed by atoms with Crippen molar-refractivity contribution in [3.63, 3.8) is 0 Å². The summed E-state index contributed by atoms with van der Waals surface area (Å²) in [6.07, 6.45) is 0.272. The lowest BCUT2D eigenvalue weighted by molar-refractivity contribution is -0.138. The van der Waals surface area contributed by atoms with Crippen molar-refractivity contribution in [3.05, 3.63) is 29.8 Å². The van der Waals surface area contributed by atoms with E-state index in [1.165, 1.54) is 0 Å². The maximum absolute atomic E-state index is 13.6. The van der Waals surface area contributed by atoms with Crippen LogP contribution in [0.1, 0.15) is 44.5 Å². The van der Waals surface area contributed by atoms with Crippen LogP contribution in [0.4, 0.5) is 5.69 Å². The van der Waals surface area contributed by atoms with Gasteiger partial charge < -0.3 is 24.8 Å². The number of ether oxygens (including phenoxy) is 1. The van der Waals surface area contributed by atoms with Crippen LogP contribution in [0, 0.1) is 11.8 Å². The van der Waals surface area contributed by atoms with Gasteiger partial charge in [0, 0.05) is 44.3 Å². The van der Waals surface area contributed by atoms with Gasteiger partial charge in [0.25, 0.3) is 5.91 Å². The largest absolute Gasteiger partial charge is 0.368 e. The second-order valence-electron chi connectivity index (χ2n) is 10.2. The fourth-order valence-electron chi connectivity index (χ4n) is 5.49. The van der Waals surface area contributed by atoms with Crippen molar-refractivity contribution >= 4 is 23.3 Å². The number of hydrogen-bond acceptors (Lipinski definition) is 6. The Labute approximate surface area is 202 Å². The first-order valence-corrected chi connectivity index (χ1v) is 12.6. The SMILES string of the molecule is CCN1CCN(c2ccccc2C(=O)N[C@@H](CC(C)C)C(=O)N2C[C@@H](C)[C@H]3OCC(=O)[C@H]32)CC1. The van der Waals surface area contributed by atoms with Gasteiger partial charge in [-0.3, -0.25) is 14.4 Å². The van der Waals surface area contributed by atoms with Crippen LogP contribution in [0.3, 0.4) is 0 Å². The minimum atomic E-state index is -0.683. The van der Waals surface area contributed by atoms with E-state index in [9.17, 15) is 14.4 Å². The van der Waals surface area contributed by atoms with Crippen LogP contribution in [0.15, 0.2) is 24.3 Å². The molecule has 0 aliphatic carbocycles. The van der Waals surface area contributed by atoms with E-state index >= 15 is 0 Å². The highest BCUT2D eigenvalue weighted by Gasteiger charge is 2.51. The quantitative estimate of drug-likeness (QED) is 0.654. The third kappa shape index (κ3) is 4.98. The van der Waals surface area contributed by atoms with Crippen molar-refractivity contribution in [2.75, 3.05) is 50.8 Å². The molecule has 0 saturated carbocycles. The summed E-state index contributed by atoms with van der Waals surface area (Å²) < 4.78 is 5.65. The molecule has 8 nitrogen and oxygen atoms in total. The zero-order chi connectivity index (χ0) is 24.4. The Morgan fingerprint density at radius 2 is 1.85 bits per heavy atom. The third-order valence-electron chi connectivity index (χ3n) is 7.34. The highest BCUT2D eigenvalue weighted by Crippen LogP contribution is 2.32. The lowest BCUT2D eigenvalue weighted by atomic mass is 10.0. The maximum Gasteiger partial charge on any atom is 0.254 e. The van der Waals surface area contributed by atoms with Gasteiger partial charge in [-0.1, -0.05) is 39.8 Å². The molecule has 1 aromatic carbocycles. The number of likely N-dealkylation sites (tertiary alicyclic amines) is 1. The number of likely N-dealkylation sites (N-methyl/N-ethyl adjacent to an activating group) is 1. The van der Waals surface area contributed by atoms with Crippen LogP contribution in [0.25, 0.3) is 0 Å². The summed E-state index contributed by atoms with van der Waals surface area (Å²) in [7, 11) is 0. The van der Waals surface area contributed by atoms with Crippen LogP contribution < -0.4 is 10.2 Å². The van der Waals surface area contributed by atoms with E-state index in [2.05, 4.69) is 22.0 Å². The summed E-state index contributed by atoms with van der Waals surface area (Å²) in [6.45, 7) is 13.5. The third-order valence-corrected chi connectivity index (χ3v) is 7.34. The second kappa shape index (κ2) is 10.4. The Morgan fingerprint density at radius 3 is 2.53 bits per heavy atom. The Hall–Kier alpha value is -2.45. The smallest absolute Gasteiger partial charge is 0.254 e. The van der Waals surface area contributed by atoms with Gasteiger partial charge in [0.1, 0.15) is 18.7 Å². The van der Waals surface area contributed by atoms with E-state index in [1.54, 1.807) is 4.90 Å². The molecule has 0 bridgehead atoms. The molecule has 1 N–H and O–H groups in total. The molecular weight excluding hydrogens is 432 g/mol. The van der Waals surface area contributed by atoms with Crippen LogP contribution >= 0.6 is 0 Å². The van der Waals surface area contributed by atoms with Crippen molar-refractivity contribution in [2.45, 2.75) is 52.3 Å². The van der Waals surface area contributed by atoms with Crippen molar-refractivity contribution in [1.29, 1.82) is 0 Å². The average molecular weight is 471 g/mol. The molecule has 3 aliphatic rings. The van der Waals surface area contributed by atoms with Gasteiger partial charge in [-0.15, -0.1) is 0 Å². The van der Waals surface area contributed by atoms with E-state index in [-0.39, 0.29) is 42.1 Å². The number of rotatable bonds is 7. The van der Waals surface area contributed by atoms with Gasteiger partial charge in [0.2, 0.25) is 5.91 Å². The molecule has 3 saturated heterocycles. The Kier molecular flexibility index (Phi) is 7.57. The van der Waals surface area contributed by atoms with Gasteiger partial charge in [-0.05, 0) is 31.0 Å². The summed E-state index contributed by atoms with van der Waals surface area (Å²) in [4.78, 5) is 45.9. The topological polar surface area (TPSA) is 82.2 Å². The molecule has 0 unspecified atom stereocenters. The first-order chi connectivity index (χ1) is 16.3. The minimum absolute atomic E-state index is 0.0473. The number of benzene rings is 1. The Bertz CT molecular complexity index is 912. The summed E-state index contributed by atoms with van der Waals surface area (Å²) >= 11 is 0. The molecule has 0 aromatic heterocycles. The lowest BCUT2D eigenvalue weighted by Gasteiger charge is -2.36.